The number of ether oxygens (including phenoxy) is 1. The number of esters is 1. The standard InChI is InChI=1S/C20H17N3O5S/c24-18(22-20-21-17(13-29-20)15-6-2-1-3-7-15)9-10-19(25)28-12-14-5-4-8-16(11-14)23(26)27/h1-8,11,13H,9-10,12H2,(H,21,22,24). The maximum atomic E-state index is 12.0. The summed E-state index contributed by atoms with van der Waals surface area (Å²) in [4.78, 5) is 38.5. The lowest BCUT2D eigenvalue weighted by Gasteiger charge is -2.05. The third-order valence-electron chi connectivity index (χ3n) is 3.90. The molecule has 1 amide bonds. The largest absolute Gasteiger partial charge is 0.461 e. The summed E-state index contributed by atoms with van der Waals surface area (Å²) in [5, 5.41) is 15.7. The van der Waals surface area contributed by atoms with Gasteiger partial charge in [0.2, 0.25) is 5.91 Å². The molecular weight excluding hydrogens is 394 g/mol. The molecule has 0 aliphatic carbocycles. The van der Waals surface area contributed by atoms with Crippen molar-refractivity contribution < 1.29 is 19.2 Å². The molecule has 29 heavy (non-hydrogen) atoms. The van der Waals surface area contributed by atoms with E-state index in [1.807, 2.05) is 35.7 Å². The van der Waals surface area contributed by atoms with Crippen molar-refractivity contribution in [1.82, 2.24) is 4.98 Å². The SMILES string of the molecule is O=C(CCC(=O)OCc1cccc([N+](=O)[O-])c1)Nc1nc(-c2ccccc2)cs1. The van der Waals surface area contributed by atoms with Crippen molar-refractivity contribution in [3.05, 3.63) is 75.7 Å². The number of non-ortho nitro benzene ring substituents is 1. The van der Waals surface area contributed by atoms with Gasteiger partial charge in [-0.25, -0.2) is 4.98 Å². The van der Waals surface area contributed by atoms with Gasteiger partial charge in [-0.1, -0.05) is 42.5 Å². The van der Waals surface area contributed by atoms with Crippen molar-refractivity contribution in [2.45, 2.75) is 19.4 Å². The zero-order chi connectivity index (χ0) is 20.6. The summed E-state index contributed by atoms with van der Waals surface area (Å²) in [6.45, 7) is -0.0882. The lowest BCUT2D eigenvalue weighted by molar-refractivity contribution is -0.384. The Morgan fingerprint density at radius 1 is 1.10 bits per heavy atom. The van der Waals surface area contributed by atoms with E-state index in [4.69, 9.17) is 4.74 Å². The van der Waals surface area contributed by atoms with Crippen LogP contribution >= 0.6 is 11.3 Å². The lowest BCUT2D eigenvalue weighted by atomic mass is 10.2. The van der Waals surface area contributed by atoms with Crippen LogP contribution < -0.4 is 5.32 Å². The van der Waals surface area contributed by atoms with E-state index in [1.165, 1.54) is 29.5 Å². The van der Waals surface area contributed by atoms with Crippen molar-refractivity contribution in [2.75, 3.05) is 5.32 Å². The molecular formula is C20H17N3O5S. The number of benzene rings is 2. The van der Waals surface area contributed by atoms with Crippen LogP contribution in [0.5, 0.6) is 0 Å². The number of carbonyl (C=O) groups excluding carboxylic acids is 2. The van der Waals surface area contributed by atoms with Crippen molar-refractivity contribution >= 4 is 34.0 Å². The number of aromatic nitrogens is 1. The Morgan fingerprint density at radius 2 is 1.90 bits per heavy atom. The maximum Gasteiger partial charge on any atom is 0.306 e. The van der Waals surface area contributed by atoms with Crippen LogP contribution in [0.2, 0.25) is 0 Å². The molecule has 0 spiro atoms. The third kappa shape index (κ3) is 5.94. The maximum absolute atomic E-state index is 12.0. The van der Waals surface area contributed by atoms with Crippen LogP contribution in [0.1, 0.15) is 18.4 Å². The van der Waals surface area contributed by atoms with E-state index in [2.05, 4.69) is 10.3 Å². The van der Waals surface area contributed by atoms with E-state index in [9.17, 15) is 19.7 Å². The van der Waals surface area contributed by atoms with Crippen molar-refractivity contribution in [3.63, 3.8) is 0 Å². The summed E-state index contributed by atoms with van der Waals surface area (Å²) in [7, 11) is 0. The van der Waals surface area contributed by atoms with Crippen LogP contribution in [0, 0.1) is 10.1 Å². The predicted octanol–water partition coefficient (Wildman–Crippen LogP) is 4.18. The Kier molecular flexibility index (Phi) is 6.64. The number of thiazole rings is 1. The summed E-state index contributed by atoms with van der Waals surface area (Å²) < 4.78 is 5.07. The Morgan fingerprint density at radius 3 is 2.66 bits per heavy atom. The number of hydrogen-bond donors (Lipinski definition) is 1. The Bertz CT molecular complexity index is 1020. The highest BCUT2D eigenvalue weighted by molar-refractivity contribution is 7.14. The molecule has 0 saturated heterocycles. The number of nitrogens with zero attached hydrogens (tertiary/aromatic N) is 2. The van der Waals surface area contributed by atoms with Crippen LogP contribution in [-0.2, 0) is 20.9 Å². The molecule has 3 rings (SSSR count). The van der Waals surface area contributed by atoms with E-state index < -0.39 is 10.9 Å². The van der Waals surface area contributed by atoms with Gasteiger partial charge < -0.3 is 10.1 Å². The molecule has 0 unspecified atom stereocenters. The molecule has 0 aliphatic rings. The van der Waals surface area contributed by atoms with Gasteiger partial charge in [-0.05, 0) is 5.56 Å². The fourth-order valence-corrected chi connectivity index (χ4v) is 3.20. The minimum Gasteiger partial charge on any atom is -0.461 e. The van der Waals surface area contributed by atoms with E-state index in [0.717, 1.165) is 11.3 Å². The highest BCUT2D eigenvalue weighted by atomic mass is 32.1. The average Bonchev–Trinajstić information content (AvgIpc) is 3.20. The molecule has 2 aromatic carbocycles. The first-order valence-corrected chi connectivity index (χ1v) is 9.59. The molecule has 0 atom stereocenters. The molecule has 0 radical (unpaired) electrons. The van der Waals surface area contributed by atoms with Crippen molar-refractivity contribution in [3.8, 4) is 11.3 Å². The Hall–Kier alpha value is -3.59. The normalized spacial score (nSPS) is 10.3. The smallest absolute Gasteiger partial charge is 0.306 e. The molecule has 148 valence electrons. The third-order valence-corrected chi connectivity index (χ3v) is 4.66. The number of nitrogens with one attached hydrogen (secondary N) is 1. The predicted molar refractivity (Wildman–Crippen MR) is 108 cm³/mol. The number of amides is 1. The van der Waals surface area contributed by atoms with Gasteiger partial charge in [0.05, 0.1) is 17.0 Å². The molecule has 1 heterocycles. The monoisotopic (exact) mass is 411 g/mol. The molecule has 0 aliphatic heterocycles. The lowest BCUT2D eigenvalue weighted by Crippen LogP contribution is -2.14. The summed E-state index contributed by atoms with van der Waals surface area (Å²) in [5.41, 5.74) is 2.15. The number of anilines is 1. The minimum atomic E-state index is -0.559. The number of hydrogen-bond acceptors (Lipinski definition) is 7. The Balaban J connectivity index is 1.43. The van der Waals surface area contributed by atoms with Gasteiger partial charge in [0.25, 0.3) is 5.69 Å². The average molecular weight is 411 g/mol. The van der Waals surface area contributed by atoms with Crippen LogP contribution in [0.15, 0.2) is 60.0 Å². The topological polar surface area (TPSA) is 111 Å². The quantitative estimate of drug-likeness (QED) is 0.338. The van der Waals surface area contributed by atoms with Gasteiger partial charge in [0.1, 0.15) is 6.61 Å². The number of nitro groups is 1. The number of rotatable bonds is 8. The highest BCUT2D eigenvalue weighted by Crippen LogP contribution is 2.24. The van der Waals surface area contributed by atoms with Crippen LogP contribution in [-0.4, -0.2) is 21.8 Å². The molecule has 1 N–H and O–H groups in total. The zero-order valence-corrected chi connectivity index (χ0v) is 16.1. The molecule has 3 aromatic rings. The van der Waals surface area contributed by atoms with Gasteiger partial charge in [-0.3, -0.25) is 19.7 Å². The van der Waals surface area contributed by atoms with Gasteiger partial charge >= 0.3 is 5.97 Å². The molecule has 0 bridgehead atoms. The van der Waals surface area contributed by atoms with Gasteiger partial charge in [-0.15, -0.1) is 11.3 Å². The second kappa shape index (κ2) is 9.56. The first-order valence-electron chi connectivity index (χ1n) is 8.71. The molecule has 1 aromatic heterocycles. The van der Waals surface area contributed by atoms with E-state index in [1.54, 1.807) is 6.07 Å². The Labute approximate surface area is 170 Å². The van der Waals surface area contributed by atoms with E-state index in [-0.39, 0.29) is 31.0 Å². The fourth-order valence-electron chi connectivity index (χ4n) is 2.47. The van der Waals surface area contributed by atoms with E-state index in [0.29, 0.717) is 10.7 Å². The molecule has 0 fully saturated rings. The molecule has 8 nitrogen and oxygen atoms in total. The second-order valence-corrected chi connectivity index (χ2v) is 6.90. The van der Waals surface area contributed by atoms with Crippen LogP contribution in [0.3, 0.4) is 0 Å². The first-order chi connectivity index (χ1) is 14.0. The van der Waals surface area contributed by atoms with Gasteiger partial charge in [0, 0.05) is 29.5 Å². The highest BCUT2D eigenvalue weighted by Gasteiger charge is 2.12. The fraction of sp³-hybridized carbons (Fsp3) is 0.150. The molecule has 9 heteroatoms. The van der Waals surface area contributed by atoms with Crippen LogP contribution in [0.25, 0.3) is 11.3 Å². The van der Waals surface area contributed by atoms with Crippen LogP contribution in [0.4, 0.5) is 10.8 Å². The van der Waals surface area contributed by atoms with Gasteiger partial charge in [0.15, 0.2) is 5.13 Å². The van der Waals surface area contributed by atoms with Gasteiger partial charge in [-0.2, -0.15) is 0 Å². The summed E-state index contributed by atoms with van der Waals surface area (Å²) in [6.07, 6.45) is -0.147. The second-order valence-electron chi connectivity index (χ2n) is 6.04. The summed E-state index contributed by atoms with van der Waals surface area (Å²) in [5.74, 6) is -0.901. The van der Waals surface area contributed by atoms with Crippen molar-refractivity contribution in [2.24, 2.45) is 0 Å². The summed E-state index contributed by atoms with van der Waals surface area (Å²) >= 11 is 1.30. The number of carbonyl (C=O) groups is 2. The van der Waals surface area contributed by atoms with Crippen molar-refractivity contribution in [1.29, 1.82) is 0 Å². The first kappa shape index (κ1) is 20.2. The number of nitro benzene ring substituents is 1. The molecule has 0 saturated carbocycles. The zero-order valence-electron chi connectivity index (χ0n) is 15.2. The minimum absolute atomic E-state index is 0.0476. The summed E-state index contributed by atoms with van der Waals surface area (Å²) in [6, 6.07) is 15.4. The van der Waals surface area contributed by atoms with E-state index >= 15 is 0 Å².